The summed E-state index contributed by atoms with van der Waals surface area (Å²) in [4.78, 5) is 23.6. The van der Waals surface area contributed by atoms with Gasteiger partial charge in [0.25, 0.3) is 0 Å². The molecule has 1 aliphatic rings. The summed E-state index contributed by atoms with van der Waals surface area (Å²) < 4.78 is 0. The lowest BCUT2D eigenvalue weighted by Gasteiger charge is -2.29. The van der Waals surface area contributed by atoms with Crippen molar-refractivity contribution in [2.75, 3.05) is 0 Å². The van der Waals surface area contributed by atoms with Crippen LogP contribution in [0.4, 0.5) is 0 Å². The minimum Gasteiger partial charge on any atom is -0.295 e. The Balaban J connectivity index is 3.11. The third-order valence-corrected chi connectivity index (χ3v) is 2.85. The normalized spacial score (nSPS) is 21.7. The quantitative estimate of drug-likeness (QED) is 0.677. The average molecular weight is 194 g/mol. The number of Topliss-reactive ketones (excluding diaryl/α,β-unsaturated/α-hetero) is 2. The molecule has 0 aromatic heterocycles. The van der Waals surface area contributed by atoms with Crippen LogP contribution in [0, 0.1) is 5.41 Å². The zero-order chi connectivity index (χ0) is 10.9. The third-order valence-electron chi connectivity index (χ3n) is 2.85. The van der Waals surface area contributed by atoms with Gasteiger partial charge in [-0.15, -0.1) is 0 Å². The van der Waals surface area contributed by atoms with E-state index in [1.165, 1.54) is 0 Å². The van der Waals surface area contributed by atoms with Crippen LogP contribution in [0.2, 0.25) is 0 Å². The summed E-state index contributed by atoms with van der Waals surface area (Å²) in [6.07, 6.45) is 2.04. The summed E-state index contributed by atoms with van der Waals surface area (Å²) in [5.41, 5.74) is 0.961. The Morgan fingerprint density at radius 1 is 1.29 bits per heavy atom. The van der Waals surface area contributed by atoms with Gasteiger partial charge in [0.15, 0.2) is 11.6 Å². The SMILES string of the molecule is CCCC1=C(C)C(=O)C(C)(C)CC1=O. The van der Waals surface area contributed by atoms with Crippen molar-refractivity contribution in [3.63, 3.8) is 0 Å². The molecule has 0 amide bonds. The highest BCUT2D eigenvalue weighted by Crippen LogP contribution is 2.34. The maximum atomic E-state index is 11.9. The van der Waals surface area contributed by atoms with E-state index >= 15 is 0 Å². The van der Waals surface area contributed by atoms with Gasteiger partial charge in [-0.3, -0.25) is 9.59 Å². The lowest BCUT2D eigenvalue weighted by Crippen LogP contribution is -2.34. The number of carbonyl (C=O) groups excluding carboxylic acids is 2. The fourth-order valence-electron chi connectivity index (χ4n) is 2.02. The summed E-state index contributed by atoms with van der Waals surface area (Å²) >= 11 is 0. The van der Waals surface area contributed by atoms with Crippen molar-refractivity contribution < 1.29 is 9.59 Å². The summed E-state index contributed by atoms with van der Waals surface area (Å²) in [5.74, 6) is 0.300. The second kappa shape index (κ2) is 3.68. The highest BCUT2D eigenvalue weighted by molar-refractivity contribution is 6.13. The fourth-order valence-corrected chi connectivity index (χ4v) is 2.02. The molecule has 2 nitrogen and oxygen atoms in total. The molecule has 0 atom stereocenters. The number of hydrogen-bond donors (Lipinski definition) is 0. The van der Waals surface area contributed by atoms with Gasteiger partial charge >= 0.3 is 0 Å². The summed E-state index contributed by atoms with van der Waals surface area (Å²) in [6.45, 7) is 7.50. The molecule has 0 aromatic carbocycles. The van der Waals surface area contributed by atoms with Crippen LogP contribution in [-0.2, 0) is 9.59 Å². The van der Waals surface area contributed by atoms with Crippen molar-refractivity contribution in [1.29, 1.82) is 0 Å². The van der Waals surface area contributed by atoms with Crippen molar-refractivity contribution in [2.24, 2.45) is 5.41 Å². The van der Waals surface area contributed by atoms with E-state index in [9.17, 15) is 9.59 Å². The van der Waals surface area contributed by atoms with Crippen LogP contribution >= 0.6 is 0 Å². The van der Waals surface area contributed by atoms with E-state index in [1.807, 2.05) is 20.8 Å². The molecule has 0 spiro atoms. The second-order valence-electron chi connectivity index (χ2n) is 4.67. The predicted molar refractivity (Wildman–Crippen MR) is 56.0 cm³/mol. The third kappa shape index (κ3) is 1.79. The molecule has 2 heteroatoms. The molecular formula is C12H18O2. The summed E-state index contributed by atoms with van der Waals surface area (Å²) in [6, 6.07) is 0. The van der Waals surface area contributed by atoms with Gasteiger partial charge in [-0.1, -0.05) is 27.2 Å². The number of rotatable bonds is 2. The molecule has 0 saturated heterocycles. The lowest BCUT2D eigenvalue weighted by atomic mass is 9.72. The molecule has 0 radical (unpaired) electrons. The zero-order valence-electron chi connectivity index (χ0n) is 9.44. The minimum absolute atomic E-state index is 0.139. The molecule has 0 heterocycles. The Labute approximate surface area is 85.4 Å². The van der Waals surface area contributed by atoms with Gasteiger partial charge in [-0.25, -0.2) is 0 Å². The summed E-state index contributed by atoms with van der Waals surface area (Å²) in [7, 11) is 0. The van der Waals surface area contributed by atoms with Crippen molar-refractivity contribution in [2.45, 2.75) is 47.0 Å². The first-order chi connectivity index (χ1) is 6.40. The van der Waals surface area contributed by atoms with E-state index in [0.717, 1.165) is 18.4 Å². The van der Waals surface area contributed by atoms with Crippen LogP contribution in [-0.4, -0.2) is 11.6 Å². The van der Waals surface area contributed by atoms with Gasteiger partial charge in [-0.05, 0) is 18.9 Å². The van der Waals surface area contributed by atoms with Crippen LogP contribution < -0.4 is 0 Å². The van der Waals surface area contributed by atoms with Crippen LogP contribution in [0.1, 0.15) is 47.0 Å². The maximum Gasteiger partial charge on any atom is 0.165 e. The van der Waals surface area contributed by atoms with Gasteiger partial charge in [0.05, 0.1) is 0 Å². The molecule has 1 rings (SSSR count). The molecule has 0 saturated carbocycles. The van der Waals surface area contributed by atoms with E-state index in [1.54, 1.807) is 6.92 Å². The largest absolute Gasteiger partial charge is 0.295 e. The zero-order valence-corrected chi connectivity index (χ0v) is 9.44. The monoisotopic (exact) mass is 194 g/mol. The van der Waals surface area contributed by atoms with Crippen molar-refractivity contribution in [3.05, 3.63) is 11.1 Å². The van der Waals surface area contributed by atoms with Crippen LogP contribution in [0.25, 0.3) is 0 Å². The van der Waals surface area contributed by atoms with Gasteiger partial charge in [-0.2, -0.15) is 0 Å². The highest BCUT2D eigenvalue weighted by atomic mass is 16.1. The molecule has 0 bridgehead atoms. The first-order valence-corrected chi connectivity index (χ1v) is 5.18. The van der Waals surface area contributed by atoms with Crippen molar-refractivity contribution >= 4 is 11.6 Å². The van der Waals surface area contributed by atoms with Gasteiger partial charge in [0.2, 0.25) is 0 Å². The Morgan fingerprint density at radius 3 is 2.36 bits per heavy atom. The first kappa shape index (κ1) is 11.2. The Kier molecular flexibility index (Phi) is 2.93. The van der Waals surface area contributed by atoms with Crippen LogP contribution in [0.15, 0.2) is 11.1 Å². The minimum atomic E-state index is -0.488. The molecule has 14 heavy (non-hydrogen) atoms. The number of hydrogen-bond acceptors (Lipinski definition) is 2. The fraction of sp³-hybridized carbons (Fsp3) is 0.667. The molecule has 78 valence electrons. The van der Waals surface area contributed by atoms with Crippen molar-refractivity contribution in [3.8, 4) is 0 Å². The van der Waals surface area contributed by atoms with Gasteiger partial charge in [0, 0.05) is 17.4 Å². The molecule has 0 aromatic rings. The topological polar surface area (TPSA) is 34.1 Å². The Morgan fingerprint density at radius 2 is 1.86 bits per heavy atom. The van der Waals surface area contributed by atoms with E-state index in [2.05, 4.69) is 0 Å². The van der Waals surface area contributed by atoms with Crippen LogP contribution in [0.5, 0.6) is 0 Å². The number of carbonyl (C=O) groups is 2. The molecule has 0 N–H and O–H groups in total. The molecule has 0 fully saturated rings. The Hall–Kier alpha value is -0.920. The van der Waals surface area contributed by atoms with Gasteiger partial charge in [0.1, 0.15) is 0 Å². The van der Waals surface area contributed by atoms with Gasteiger partial charge < -0.3 is 0 Å². The van der Waals surface area contributed by atoms with Crippen molar-refractivity contribution in [1.82, 2.24) is 0 Å². The molecule has 1 aliphatic carbocycles. The first-order valence-electron chi connectivity index (χ1n) is 5.18. The number of allylic oxidation sites excluding steroid dienone is 2. The van der Waals surface area contributed by atoms with E-state index in [4.69, 9.17) is 0 Å². The maximum absolute atomic E-state index is 11.9. The second-order valence-corrected chi connectivity index (χ2v) is 4.67. The van der Waals surface area contributed by atoms with Crippen LogP contribution in [0.3, 0.4) is 0 Å². The standard InChI is InChI=1S/C12H18O2/c1-5-6-9-8(2)11(14)12(3,4)7-10(9)13/h5-7H2,1-4H3. The van der Waals surface area contributed by atoms with E-state index < -0.39 is 5.41 Å². The average Bonchev–Trinajstić information content (AvgIpc) is 2.08. The Bertz CT molecular complexity index is 308. The lowest BCUT2D eigenvalue weighted by molar-refractivity contribution is -0.130. The number of ketones is 2. The smallest absolute Gasteiger partial charge is 0.165 e. The van der Waals surface area contributed by atoms with E-state index in [-0.39, 0.29) is 11.6 Å². The van der Waals surface area contributed by atoms with E-state index in [0.29, 0.717) is 12.0 Å². The molecule has 0 aliphatic heterocycles. The highest BCUT2D eigenvalue weighted by Gasteiger charge is 2.37. The summed E-state index contributed by atoms with van der Waals surface area (Å²) in [5, 5.41) is 0. The predicted octanol–water partition coefficient (Wildman–Crippen LogP) is 2.67. The molecule has 0 unspecified atom stereocenters. The molecular weight excluding hydrogens is 176 g/mol.